The topological polar surface area (TPSA) is 62.7 Å². The third-order valence-electron chi connectivity index (χ3n) is 1.07. The molecule has 0 atom stereocenters. The Hall–Kier alpha value is -0.930. The van der Waals surface area contributed by atoms with Crippen molar-refractivity contribution in [1.29, 1.82) is 5.26 Å². The van der Waals surface area contributed by atoms with Crippen LogP contribution < -0.4 is 0 Å². The Balaban J connectivity index is 2.40. The van der Waals surface area contributed by atoms with Crippen LogP contribution in [-0.4, -0.2) is 15.3 Å². The largest absolute Gasteiger partial charge is 0.416 e. The molecular formula is C7H7N3OS2. The standard InChI is InChI=1S/C7H7N3OS2/c1-2-3-6-9-10-7(11-6)13-5-12-4-8/h2H,1,3,5H2. The smallest absolute Gasteiger partial charge is 0.277 e. The molecule has 0 amide bonds. The lowest BCUT2D eigenvalue weighted by atomic mass is 10.4. The number of thioether (sulfide) groups is 2. The maximum atomic E-state index is 8.25. The van der Waals surface area contributed by atoms with Crippen LogP contribution in [0.1, 0.15) is 5.89 Å². The Kier molecular flexibility index (Phi) is 4.43. The number of rotatable bonds is 5. The molecule has 68 valence electrons. The van der Waals surface area contributed by atoms with Gasteiger partial charge in [0.1, 0.15) is 5.40 Å². The summed E-state index contributed by atoms with van der Waals surface area (Å²) < 4.78 is 5.22. The fraction of sp³-hybridized carbons (Fsp3) is 0.286. The Morgan fingerprint density at radius 3 is 3.15 bits per heavy atom. The normalized spacial score (nSPS) is 9.46. The van der Waals surface area contributed by atoms with Crippen molar-refractivity contribution in [2.45, 2.75) is 11.6 Å². The summed E-state index contributed by atoms with van der Waals surface area (Å²) >= 11 is 2.50. The van der Waals surface area contributed by atoms with Crippen LogP contribution in [0, 0.1) is 10.7 Å². The molecule has 0 N–H and O–H groups in total. The third-order valence-corrected chi connectivity index (χ3v) is 2.56. The highest BCUT2D eigenvalue weighted by Gasteiger charge is 2.04. The molecule has 1 aromatic rings. The van der Waals surface area contributed by atoms with Crippen molar-refractivity contribution >= 4 is 23.5 Å². The van der Waals surface area contributed by atoms with E-state index in [1.165, 1.54) is 11.8 Å². The molecule has 0 spiro atoms. The predicted molar refractivity (Wildman–Crippen MR) is 52.1 cm³/mol. The van der Waals surface area contributed by atoms with E-state index in [1.54, 1.807) is 6.08 Å². The number of aromatic nitrogens is 2. The van der Waals surface area contributed by atoms with Crippen LogP contribution in [0.5, 0.6) is 0 Å². The fourth-order valence-electron chi connectivity index (χ4n) is 0.609. The molecule has 0 aliphatic heterocycles. The number of thiocyanates is 1. The van der Waals surface area contributed by atoms with Gasteiger partial charge < -0.3 is 4.42 Å². The van der Waals surface area contributed by atoms with Crippen LogP contribution in [0.4, 0.5) is 0 Å². The van der Waals surface area contributed by atoms with Gasteiger partial charge in [-0.2, -0.15) is 5.26 Å². The van der Waals surface area contributed by atoms with E-state index in [0.717, 1.165) is 11.8 Å². The van der Waals surface area contributed by atoms with E-state index >= 15 is 0 Å². The van der Waals surface area contributed by atoms with Crippen LogP contribution in [0.2, 0.25) is 0 Å². The van der Waals surface area contributed by atoms with Gasteiger partial charge in [-0.15, -0.1) is 16.8 Å². The second kappa shape index (κ2) is 5.67. The quantitative estimate of drug-likeness (QED) is 0.245. The number of nitrogens with zero attached hydrogens (tertiary/aromatic N) is 3. The molecule has 0 unspecified atom stereocenters. The molecule has 4 nitrogen and oxygen atoms in total. The highest BCUT2D eigenvalue weighted by molar-refractivity contribution is 8.18. The summed E-state index contributed by atoms with van der Waals surface area (Å²) in [5.41, 5.74) is 0. The first-order chi connectivity index (χ1) is 6.36. The Labute approximate surface area is 84.4 Å². The van der Waals surface area contributed by atoms with Crippen LogP contribution in [0.15, 0.2) is 22.3 Å². The molecule has 0 bridgehead atoms. The predicted octanol–water partition coefficient (Wildman–Crippen LogP) is 2.06. The maximum absolute atomic E-state index is 8.25. The monoisotopic (exact) mass is 213 g/mol. The molecule has 0 aliphatic carbocycles. The Bertz CT molecular complexity index is 318. The van der Waals surface area contributed by atoms with Crippen molar-refractivity contribution in [3.8, 4) is 5.40 Å². The molecule has 0 aromatic carbocycles. The maximum Gasteiger partial charge on any atom is 0.277 e. The second-order valence-electron chi connectivity index (χ2n) is 1.95. The molecule has 0 saturated carbocycles. The zero-order valence-corrected chi connectivity index (χ0v) is 8.40. The van der Waals surface area contributed by atoms with Crippen molar-refractivity contribution in [3.63, 3.8) is 0 Å². The summed E-state index contributed by atoms with van der Waals surface area (Å²) in [6.07, 6.45) is 2.28. The number of allylic oxidation sites excluding steroid dienone is 1. The van der Waals surface area contributed by atoms with E-state index in [2.05, 4.69) is 16.8 Å². The molecule has 13 heavy (non-hydrogen) atoms. The zero-order chi connectivity index (χ0) is 9.52. The highest BCUT2D eigenvalue weighted by Crippen LogP contribution is 2.20. The van der Waals surface area contributed by atoms with Gasteiger partial charge >= 0.3 is 0 Å². The molecule has 1 rings (SSSR count). The average molecular weight is 213 g/mol. The summed E-state index contributed by atoms with van der Waals surface area (Å²) in [5.74, 6) is 0.555. The number of hydrogen-bond donors (Lipinski definition) is 0. The lowest BCUT2D eigenvalue weighted by molar-refractivity contribution is 0.422. The molecule has 6 heteroatoms. The Morgan fingerprint density at radius 2 is 2.46 bits per heavy atom. The molecular weight excluding hydrogens is 206 g/mol. The van der Waals surface area contributed by atoms with Gasteiger partial charge in [-0.05, 0) is 11.8 Å². The molecule has 1 aromatic heterocycles. The second-order valence-corrected chi connectivity index (χ2v) is 4.00. The first kappa shape index (κ1) is 10.2. The van der Waals surface area contributed by atoms with Gasteiger partial charge in [0.2, 0.25) is 5.89 Å². The molecule has 0 radical (unpaired) electrons. The van der Waals surface area contributed by atoms with Crippen molar-refractivity contribution < 1.29 is 4.42 Å². The lowest BCUT2D eigenvalue weighted by Crippen LogP contribution is -1.77. The summed E-state index contributed by atoms with van der Waals surface area (Å²) in [6.45, 7) is 3.56. The summed E-state index contributed by atoms with van der Waals surface area (Å²) in [4.78, 5) is 0. The first-order valence-electron chi connectivity index (χ1n) is 3.43. The van der Waals surface area contributed by atoms with Crippen LogP contribution in [0.3, 0.4) is 0 Å². The van der Waals surface area contributed by atoms with Crippen molar-refractivity contribution in [3.05, 3.63) is 18.5 Å². The van der Waals surface area contributed by atoms with Gasteiger partial charge in [0.05, 0.1) is 5.08 Å². The van der Waals surface area contributed by atoms with Crippen molar-refractivity contribution in [2.24, 2.45) is 0 Å². The molecule has 0 aliphatic rings. The van der Waals surface area contributed by atoms with Crippen molar-refractivity contribution in [2.75, 3.05) is 5.08 Å². The molecule has 0 saturated heterocycles. The van der Waals surface area contributed by atoms with E-state index in [0.29, 0.717) is 22.6 Å². The van der Waals surface area contributed by atoms with Crippen molar-refractivity contribution in [1.82, 2.24) is 10.2 Å². The van der Waals surface area contributed by atoms with Crippen LogP contribution in [0.25, 0.3) is 0 Å². The Morgan fingerprint density at radius 1 is 1.62 bits per heavy atom. The van der Waals surface area contributed by atoms with Crippen LogP contribution in [-0.2, 0) is 6.42 Å². The van der Waals surface area contributed by atoms with Gasteiger partial charge in [-0.25, -0.2) is 0 Å². The minimum Gasteiger partial charge on any atom is -0.416 e. The molecule has 1 heterocycles. The lowest BCUT2D eigenvalue weighted by Gasteiger charge is -1.87. The highest BCUT2D eigenvalue weighted by atomic mass is 32.2. The van der Waals surface area contributed by atoms with E-state index < -0.39 is 0 Å². The first-order valence-corrected chi connectivity index (χ1v) is 5.41. The van der Waals surface area contributed by atoms with Gasteiger partial charge in [-0.1, -0.05) is 17.8 Å². The van der Waals surface area contributed by atoms with E-state index in [-0.39, 0.29) is 0 Å². The minimum absolute atomic E-state index is 0.500. The van der Waals surface area contributed by atoms with Gasteiger partial charge in [0, 0.05) is 6.42 Å². The zero-order valence-electron chi connectivity index (χ0n) is 6.77. The summed E-state index contributed by atoms with van der Waals surface area (Å²) in [7, 11) is 0. The summed E-state index contributed by atoms with van der Waals surface area (Å²) in [6, 6.07) is 0. The summed E-state index contributed by atoms with van der Waals surface area (Å²) in [5, 5.41) is 18.9. The third kappa shape index (κ3) is 3.53. The van der Waals surface area contributed by atoms with E-state index in [1.807, 2.05) is 5.40 Å². The molecule has 0 fully saturated rings. The fourth-order valence-corrected chi connectivity index (χ4v) is 1.71. The van der Waals surface area contributed by atoms with E-state index in [9.17, 15) is 0 Å². The average Bonchev–Trinajstić information content (AvgIpc) is 2.54. The minimum atomic E-state index is 0.500. The van der Waals surface area contributed by atoms with Gasteiger partial charge in [-0.3, -0.25) is 0 Å². The number of hydrogen-bond acceptors (Lipinski definition) is 6. The van der Waals surface area contributed by atoms with Gasteiger partial charge in [0.15, 0.2) is 0 Å². The number of nitriles is 1. The van der Waals surface area contributed by atoms with E-state index in [4.69, 9.17) is 9.68 Å². The SMILES string of the molecule is C=CCc1nnc(SCSC#N)o1. The van der Waals surface area contributed by atoms with Gasteiger partial charge in [0.25, 0.3) is 5.22 Å². The van der Waals surface area contributed by atoms with Crippen LogP contribution >= 0.6 is 23.5 Å².